The first-order chi connectivity index (χ1) is 9.70. The van der Waals surface area contributed by atoms with Crippen molar-refractivity contribution < 1.29 is 0 Å². The normalized spacial score (nSPS) is 18.6. The van der Waals surface area contributed by atoms with Crippen LogP contribution in [0.3, 0.4) is 0 Å². The molecule has 0 spiro atoms. The van der Waals surface area contributed by atoms with Crippen LogP contribution in [-0.4, -0.2) is 45.2 Å². The molecule has 1 aliphatic heterocycles. The number of nitrogens with zero attached hydrogens (tertiary/aromatic N) is 2. The predicted molar refractivity (Wildman–Crippen MR) is 87.5 cm³/mol. The molecule has 1 atom stereocenters. The fourth-order valence-corrected chi connectivity index (χ4v) is 3.00. The molecule has 1 fully saturated rings. The van der Waals surface area contributed by atoms with Gasteiger partial charge in [-0.3, -0.25) is 0 Å². The molecule has 1 unspecified atom stereocenters. The van der Waals surface area contributed by atoms with Crippen LogP contribution in [0.25, 0.3) is 0 Å². The van der Waals surface area contributed by atoms with Crippen molar-refractivity contribution >= 4 is 5.69 Å². The number of anilines is 1. The van der Waals surface area contributed by atoms with E-state index in [1.54, 1.807) is 0 Å². The molecule has 3 nitrogen and oxygen atoms in total. The van der Waals surface area contributed by atoms with Gasteiger partial charge in [-0.25, -0.2) is 0 Å². The predicted octanol–water partition coefficient (Wildman–Crippen LogP) is 2.67. The minimum Gasteiger partial charge on any atom is -0.378 e. The molecule has 0 bridgehead atoms. The molecule has 1 aromatic rings. The van der Waals surface area contributed by atoms with Gasteiger partial charge in [0.05, 0.1) is 0 Å². The third kappa shape index (κ3) is 4.22. The summed E-state index contributed by atoms with van der Waals surface area (Å²) >= 11 is 0. The van der Waals surface area contributed by atoms with Gasteiger partial charge in [-0.2, -0.15) is 0 Å². The van der Waals surface area contributed by atoms with Crippen molar-refractivity contribution in [2.24, 2.45) is 5.73 Å². The lowest BCUT2D eigenvalue weighted by Gasteiger charge is -2.26. The van der Waals surface area contributed by atoms with Crippen molar-refractivity contribution in [1.29, 1.82) is 0 Å². The second-order valence-electron chi connectivity index (χ2n) is 6.14. The van der Waals surface area contributed by atoms with Gasteiger partial charge < -0.3 is 15.5 Å². The first-order valence-electron chi connectivity index (χ1n) is 7.90. The second-order valence-corrected chi connectivity index (χ2v) is 6.14. The number of rotatable bonds is 5. The zero-order valence-electron chi connectivity index (χ0n) is 13.0. The number of hydrogen-bond donors (Lipinski definition) is 1. The lowest BCUT2D eigenvalue weighted by atomic mass is 9.97. The molecule has 1 saturated heterocycles. The van der Waals surface area contributed by atoms with Crippen LogP contribution in [0.1, 0.15) is 37.2 Å². The second kappa shape index (κ2) is 7.65. The minimum atomic E-state index is 0.452. The third-order valence-corrected chi connectivity index (χ3v) is 4.32. The zero-order chi connectivity index (χ0) is 14.4. The molecule has 0 aromatic heterocycles. The Kier molecular flexibility index (Phi) is 5.86. The molecule has 0 radical (unpaired) electrons. The quantitative estimate of drug-likeness (QED) is 0.896. The van der Waals surface area contributed by atoms with Gasteiger partial charge in [0.1, 0.15) is 0 Å². The Morgan fingerprint density at radius 2 is 1.85 bits per heavy atom. The smallest absolute Gasteiger partial charge is 0.0363 e. The Labute approximate surface area is 123 Å². The summed E-state index contributed by atoms with van der Waals surface area (Å²) in [5.41, 5.74) is 8.69. The van der Waals surface area contributed by atoms with Gasteiger partial charge in [0.15, 0.2) is 0 Å². The van der Waals surface area contributed by atoms with E-state index in [1.807, 2.05) is 0 Å². The van der Waals surface area contributed by atoms with Crippen molar-refractivity contribution in [3.05, 3.63) is 29.8 Å². The van der Waals surface area contributed by atoms with Crippen LogP contribution in [-0.2, 0) is 0 Å². The lowest BCUT2D eigenvalue weighted by Crippen LogP contribution is -2.32. The number of hydrogen-bond acceptors (Lipinski definition) is 3. The Bertz CT molecular complexity index is 395. The fraction of sp³-hybridized carbons (Fsp3) is 0.647. The molecular formula is C17H29N3. The molecule has 0 amide bonds. The third-order valence-electron chi connectivity index (χ3n) is 4.32. The van der Waals surface area contributed by atoms with E-state index in [4.69, 9.17) is 5.73 Å². The van der Waals surface area contributed by atoms with E-state index in [2.05, 4.69) is 48.2 Å². The topological polar surface area (TPSA) is 32.5 Å². The minimum absolute atomic E-state index is 0.452. The maximum absolute atomic E-state index is 6.05. The molecule has 2 rings (SSSR count). The van der Waals surface area contributed by atoms with Crippen molar-refractivity contribution in [3.63, 3.8) is 0 Å². The zero-order valence-corrected chi connectivity index (χ0v) is 13.0. The average molecular weight is 275 g/mol. The fourth-order valence-electron chi connectivity index (χ4n) is 3.00. The average Bonchev–Trinajstić information content (AvgIpc) is 2.73. The standard InChI is InChI=1S/C17H29N3/c1-19(2)17-9-7-8-15(12-17)16(13-18)14-20-10-5-3-4-6-11-20/h7-9,12,16H,3-6,10-11,13-14,18H2,1-2H3. The molecule has 1 heterocycles. The monoisotopic (exact) mass is 275 g/mol. The van der Waals surface area contributed by atoms with Gasteiger partial charge in [-0.15, -0.1) is 0 Å². The summed E-state index contributed by atoms with van der Waals surface area (Å²) in [7, 11) is 4.18. The maximum Gasteiger partial charge on any atom is 0.0363 e. The highest BCUT2D eigenvalue weighted by Gasteiger charge is 2.16. The highest BCUT2D eigenvalue weighted by atomic mass is 15.1. The molecule has 2 N–H and O–H groups in total. The van der Waals surface area contributed by atoms with Gasteiger partial charge in [0.25, 0.3) is 0 Å². The molecule has 0 saturated carbocycles. The van der Waals surface area contributed by atoms with E-state index in [1.165, 1.54) is 50.0 Å². The van der Waals surface area contributed by atoms with Gasteiger partial charge in [0, 0.05) is 38.8 Å². The Morgan fingerprint density at radius 3 is 2.45 bits per heavy atom. The van der Waals surface area contributed by atoms with E-state index in [0.29, 0.717) is 5.92 Å². The van der Waals surface area contributed by atoms with Crippen molar-refractivity contribution in [2.45, 2.75) is 31.6 Å². The largest absolute Gasteiger partial charge is 0.378 e. The van der Waals surface area contributed by atoms with Gasteiger partial charge in [-0.05, 0) is 43.6 Å². The Balaban J connectivity index is 2.05. The molecule has 0 aliphatic carbocycles. The summed E-state index contributed by atoms with van der Waals surface area (Å²) in [6, 6.07) is 8.82. The van der Waals surface area contributed by atoms with E-state index >= 15 is 0 Å². The SMILES string of the molecule is CN(C)c1cccc(C(CN)CN2CCCCCC2)c1. The highest BCUT2D eigenvalue weighted by Crippen LogP contribution is 2.22. The summed E-state index contributed by atoms with van der Waals surface area (Å²) in [6.45, 7) is 4.31. The first-order valence-corrected chi connectivity index (χ1v) is 7.90. The molecule has 112 valence electrons. The molecule has 20 heavy (non-hydrogen) atoms. The molecular weight excluding hydrogens is 246 g/mol. The maximum atomic E-state index is 6.05. The van der Waals surface area contributed by atoms with Crippen LogP contribution >= 0.6 is 0 Å². The van der Waals surface area contributed by atoms with Gasteiger partial charge >= 0.3 is 0 Å². The van der Waals surface area contributed by atoms with Gasteiger partial charge in [-0.1, -0.05) is 25.0 Å². The molecule has 3 heteroatoms. The van der Waals surface area contributed by atoms with E-state index < -0.39 is 0 Å². The number of benzene rings is 1. The van der Waals surface area contributed by atoms with E-state index in [0.717, 1.165) is 13.1 Å². The summed E-state index contributed by atoms with van der Waals surface area (Å²) in [6.07, 6.45) is 5.46. The number of nitrogens with two attached hydrogens (primary N) is 1. The summed E-state index contributed by atoms with van der Waals surface area (Å²) in [5.74, 6) is 0.452. The number of likely N-dealkylation sites (tertiary alicyclic amines) is 1. The van der Waals surface area contributed by atoms with Crippen molar-refractivity contribution in [2.75, 3.05) is 45.2 Å². The van der Waals surface area contributed by atoms with Crippen LogP contribution < -0.4 is 10.6 Å². The van der Waals surface area contributed by atoms with Crippen molar-refractivity contribution in [3.8, 4) is 0 Å². The Hall–Kier alpha value is -1.06. The van der Waals surface area contributed by atoms with Gasteiger partial charge in [0.2, 0.25) is 0 Å². The first kappa shape index (κ1) is 15.3. The van der Waals surface area contributed by atoms with Crippen LogP contribution in [0.15, 0.2) is 24.3 Å². The summed E-state index contributed by atoms with van der Waals surface area (Å²) < 4.78 is 0. The van der Waals surface area contributed by atoms with E-state index in [-0.39, 0.29) is 0 Å². The van der Waals surface area contributed by atoms with Crippen LogP contribution in [0.5, 0.6) is 0 Å². The van der Waals surface area contributed by atoms with Crippen LogP contribution in [0, 0.1) is 0 Å². The van der Waals surface area contributed by atoms with Crippen molar-refractivity contribution in [1.82, 2.24) is 4.90 Å². The lowest BCUT2D eigenvalue weighted by molar-refractivity contribution is 0.267. The molecule has 1 aliphatic rings. The highest BCUT2D eigenvalue weighted by molar-refractivity contribution is 5.48. The Morgan fingerprint density at radius 1 is 1.15 bits per heavy atom. The van der Waals surface area contributed by atoms with E-state index in [9.17, 15) is 0 Å². The van der Waals surface area contributed by atoms with Crippen LogP contribution in [0.2, 0.25) is 0 Å². The summed E-state index contributed by atoms with van der Waals surface area (Å²) in [5, 5.41) is 0. The molecule has 1 aromatic carbocycles. The summed E-state index contributed by atoms with van der Waals surface area (Å²) in [4.78, 5) is 4.76. The van der Waals surface area contributed by atoms with Crippen LogP contribution in [0.4, 0.5) is 5.69 Å².